The Bertz CT molecular complexity index is 1100. The minimum atomic E-state index is -4.00. The number of hydrogen-bond donors (Lipinski definition) is 0. The minimum Gasteiger partial charge on any atom is -0.497 e. The fourth-order valence-electron chi connectivity index (χ4n) is 2.87. The van der Waals surface area contributed by atoms with Gasteiger partial charge in [0.1, 0.15) is 11.6 Å². The van der Waals surface area contributed by atoms with E-state index in [1.807, 2.05) is 0 Å². The van der Waals surface area contributed by atoms with E-state index in [1.54, 1.807) is 49.4 Å². The van der Waals surface area contributed by atoms with Gasteiger partial charge in [0.15, 0.2) is 0 Å². The molecule has 0 N–H and O–H groups in total. The molecule has 0 aliphatic carbocycles. The monoisotopic (exact) mass is 419 g/mol. The summed E-state index contributed by atoms with van der Waals surface area (Å²) >= 11 is 6.14. The molecule has 0 aliphatic heterocycles. The van der Waals surface area contributed by atoms with Crippen LogP contribution in [0.1, 0.15) is 11.1 Å². The summed E-state index contributed by atoms with van der Waals surface area (Å²) in [6.07, 6.45) is 0. The fourth-order valence-corrected chi connectivity index (χ4v) is 4.79. The largest absolute Gasteiger partial charge is 0.497 e. The fraction of sp³-hybridized carbons (Fsp3) is 0.143. The highest BCUT2D eigenvalue weighted by atomic mass is 35.5. The zero-order valence-corrected chi connectivity index (χ0v) is 17.0. The van der Waals surface area contributed by atoms with Crippen molar-refractivity contribution in [2.75, 3.05) is 11.4 Å². The van der Waals surface area contributed by atoms with Crippen LogP contribution >= 0.6 is 11.6 Å². The number of benzene rings is 3. The third kappa shape index (κ3) is 4.13. The Kier molecular flexibility index (Phi) is 5.91. The van der Waals surface area contributed by atoms with Gasteiger partial charge in [0.05, 0.1) is 24.2 Å². The second kappa shape index (κ2) is 8.20. The number of rotatable bonds is 6. The van der Waals surface area contributed by atoms with Gasteiger partial charge in [0.25, 0.3) is 10.0 Å². The summed E-state index contributed by atoms with van der Waals surface area (Å²) in [6, 6.07) is 17.3. The zero-order valence-electron chi connectivity index (χ0n) is 15.4. The lowest BCUT2D eigenvalue weighted by atomic mass is 10.2. The Morgan fingerprint density at radius 3 is 2.46 bits per heavy atom. The number of methoxy groups -OCH3 is 1. The molecule has 0 bridgehead atoms. The number of halogens is 2. The molecule has 146 valence electrons. The molecule has 0 spiro atoms. The predicted octanol–water partition coefficient (Wildman–Crippen LogP) is 5.19. The van der Waals surface area contributed by atoms with Crippen LogP contribution in [0.15, 0.2) is 71.6 Å². The third-order valence-corrected chi connectivity index (χ3v) is 6.67. The van der Waals surface area contributed by atoms with Crippen LogP contribution < -0.4 is 9.04 Å². The summed E-state index contributed by atoms with van der Waals surface area (Å²) in [5, 5.41) is 0.349. The van der Waals surface area contributed by atoms with E-state index < -0.39 is 15.8 Å². The third-order valence-electron chi connectivity index (χ3n) is 4.34. The molecule has 0 atom stereocenters. The summed E-state index contributed by atoms with van der Waals surface area (Å²) in [5.74, 6) is 0.0826. The molecular formula is C21H19ClFNO3S. The highest BCUT2D eigenvalue weighted by Crippen LogP contribution is 2.31. The van der Waals surface area contributed by atoms with Gasteiger partial charge in [-0.25, -0.2) is 12.8 Å². The maximum absolute atomic E-state index is 13.9. The first-order valence-corrected chi connectivity index (χ1v) is 10.3. The summed E-state index contributed by atoms with van der Waals surface area (Å²) in [4.78, 5) is 0.0761. The molecule has 0 saturated heterocycles. The molecule has 0 saturated carbocycles. The van der Waals surface area contributed by atoms with E-state index in [2.05, 4.69) is 0 Å². The van der Waals surface area contributed by atoms with Crippen molar-refractivity contribution in [3.63, 3.8) is 0 Å². The van der Waals surface area contributed by atoms with Crippen molar-refractivity contribution in [3.05, 3.63) is 88.7 Å². The maximum Gasteiger partial charge on any atom is 0.264 e. The summed E-state index contributed by atoms with van der Waals surface area (Å²) in [6.45, 7) is 1.65. The first kappa shape index (κ1) is 20.2. The van der Waals surface area contributed by atoms with Crippen molar-refractivity contribution in [2.45, 2.75) is 18.4 Å². The van der Waals surface area contributed by atoms with Crippen molar-refractivity contribution < 1.29 is 17.5 Å². The van der Waals surface area contributed by atoms with E-state index >= 15 is 0 Å². The molecule has 0 fully saturated rings. The molecule has 4 nitrogen and oxygen atoms in total. The lowest BCUT2D eigenvalue weighted by Gasteiger charge is -2.26. The molecule has 3 aromatic carbocycles. The summed E-state index contributed by atoms with van der Waals surface area (Å²) in [7, 11) is -2.46. The second-order valence-corrected chi connectivity index (χ2v) is 8.44. The Morgan fingerprint density at radius 2 is 1.75 bits per heavy atom. The SMILES string of the molecule is COc1cccc(CN(c2cccc(F)c2)S(=O)(=O)c2cccc(Cl)c2C)c1. The normalized spacial score (nSPS) is 11.3. The van der Waals surface area contributed by atoms with Crippen LogP contribution in [-0.2, 0) is 16.6 Å². The molecule has 0 radical (unpaired) electrons. The lowest BCUT2D eigenvalue weighted by Crippen LogP contribution is -2.31. The van der Waals surface area contributed by atoms with E-state index in [1.165, 1.54) is 35.7 Å². The van der Waals surface area contributed by atoms with Gasteiger partial charge in [-0.15, -0.1) is 0 Å². The van der Waals surface area contributed by atoms with Gasteiger partial charge in [-0.3, -0.25) is 4.31 Å². The van der Waals surface area contributed by atoms with Crippen molar-refractivity contribution in [3.8, 4) is 5.75 Å². The number of ether oxygens (including phenoxy) is 1. The maximum atomic E-state index is 13.9. The van der Waals surface area contributed by atoms with Gasteiger partial charge < -0.3 is 4.74 Å². The molecule has 28 heavy (non-hydrogen) atoms. The molecule has 0 aromatic heterocycles. The predicted molar refractivity (Wildman–Crippen MR) is 109 cm³/mol. The Labute approximate surface area is 169 Å². The van der Waals surface area contributed by atoms with Crippen LogP contribution in [0.5, 0.6) is 5.75 Å². The van der Waals surface area contributed by atoms with Crippen molar-refractivity contribution in [1.82, 2.24) is 0 Å². The van der Waals surface area contributed by atoms with E-state index in [9.17, 15) is 12.8 Å². The summed E-state index contributed by atoms with van der Waals surface area (Å²) < 4.78 is 47.2. The second-order valence-electron chi connectivity index (χ2n) is 6.21. The lowest BCUT2D eigenvalue weighted by molar-refractivity contribution is 0.414. The Hall–Kier alpha value is -2.57. The smallest absolute Gasteiger partial charge is 0.264 e. The first-order chi connectivity index (χ1) is 13.3. The zero-order chi connectivity index (χ0) is 20.3. The van der Waals surface area contributed by atoms with Crippen LogP contribution in [0.3, 0.4) is 0 Å². The first-order valence-electron chi connectivity index (χ1n) is 8.49. The van der Waals surface area contributed by atoms with Crippen molar-refractivity contribution >= 4 is 27.3 Å². The van der Waals surface area contributed by atoms with Gasteiger partial charge in [-0.05, 0) is 60.5 Å². The number of anilines is 1. The van der Waals surface area contributed by atoms with Crippen LogP contribution in [0.4, 0.5) is 10.1 Å². The Morgan fingerprint density at radius 1 is 1.04 bits per heavy atom. The Balaban J connectivity index is 2.14. The van der Waals surface area contributed by atoms with Gasteiger partial charge in [-0.2, -0.15) is 0 Å². The van der Waals surface area contributed by atoms with E-state index in [0.29, 0.717) is 21.9 Å². The van der Waals surface area contributed by atoms with Crippen LogP contribution in [0.25, 0.3) is 0 Å². The van der Waals surface area contributed by atoms with Crippen molar-refractivity contribution in [2.24, 2.45) is 0 Å². The molecule has 0 amide bonds. The average Bonchev–Trinajstić information content (AvgIpc) is 2.68. The van der Waals surface area contributed by atoms with Crippen LogP contribution in [-0.4, -0.2) is 15.5 Å². The molecule has 3 aromatic rings. The van der Waals surface area contributed by atoms with Gasteiger partial charge in [0.2, 0.25) is 0 Å². The van der Waals surface area contributed by atoms with Gasteiger partial charge in [-0.1, -0.05) is 35.9 Å². The highest BCUT2D eigenvalue weighted by molar-refractivity contribution is 7.92. The number of sulfonamides is 1. The van der Waals surface area contributed by atoms with E-state index in [-0.39, 0.29) is 17.1 Å². The summed E-state index contributed by atoms with van der Waals surface area (Å²) in [5.41, 5.74) is 1.37. The number of hydrogen-bond acceptors (Lipinski definition) is 3. The van der Waals surface area contributed by atoms with Gasteiger partial charge in [0, 0.05) is 5.02 Å². The molecule has 0 unspecified atom stereocenters. The van der Waals surface area contributed by atoms with Crippen molar-refractivity contribution in [1.29, 1.82) is 0 Å². The molecule has 0 heterocycles. The average molecular weight is 420 g/mol. The van der Waals surface area contributed by atoms with E-state index in [0.717, 1.165) is 0 Å². The molecule has 0 aliphatic rings. The van der Waals surface area contributed by atoms with Gasteiger partial charge >= 0.3 is 0 Å². The number of nitrogens with zero attached hydrogens (tertiary/aromatic N) is 1. The molecule has 7 heteroatoms. The van der Waals surface area contributed by atoms with Crippen LogP contribution in [0.2, 0.25) is 5.02 Å². The van der Waals surface area contributed by atoms with E-state index in [4.69, 9.17) is 16.3 Å². The highest BCUT2D eigenvalue weighted by Gasteiger charge is 2.28. The quantitative estimate of drug-likeness (QED) is 0.552. The molecule has 3 rings (SSSR count). The standard InChI is InChI=1S/C21H19ClFNO3S/c1-15-20(22)10-5-11-21(15)28(25,26)24(18-8-4-7-17(23)13-18)14-16-6-3-9-19(12-16)27-2/h3-13H,14H2,1-2H3. The molecular weight excluding hydrogens is 401 g/mol. The minimum absolute atomic E-state index is 0.00887. The van der Waals surface area contributed by atoms with Crippen LogP contribution in [0, 0.1) is 12.7 Å². The topological polar surface area (TPSA) is 46.6 Å².